The molecule has 0 unspecified atom stereocenters. The van der Waals surface area contributed by atoms with Crippen LogP contribution in [-0.2, 0) is 27.9 Å². The third-order valence-corrected chi connectivity index (χ3v) is 6.84. The molecule has 10 nitrogen and oxygen atoms in total. The summed E-state index contributed by atoms with van der Waals surface area (Å²) in [6.45, 7) is -0.218. The largest absolute Gasteiger partial charge is 0.480 e. The highest BCUT2D eigenvalue weighted by atomic mass is 35.5. The number of nitrogens with zero attached hydrogens (tertiary/aromatic N) is 5. The van der Waals surface area contributed by atoms with Gasteiger partial charge in [-0.1, -0.05) is 30.3 Å². The number of carbonyl (C=O) groups is 1. The Morgan fingerprint density at radius 1 is 0.889 bits per heavy atom. The molecule has 0 saturated carbocycles. The first kappa shape index (κ1) is 26.7. The minimum atomic E-state index is -3.90. The van der Waals surface area contributed by atoms with Crippen LogP contribution >= 0.6 is 12.4 Å². The van der Waals surface area contributed by atoms with Crippen molar-refractivity contribution in [1.29, 1.82) is 0 Å². The highest BCUT2D eigenvalue weighted by Gasteiger charge is 2.26. The van der Waals surface area contributed by atoms with Gasteiger partial charge in [0.1, 0.15) is 17.3 Å². The van der Waals surface area contributed by atoms with Crippen LogP contribution in [0.2, 0.25) is 0 Å². The molecular formula is C24H23ClN6O4S. The van der Waals surface area contributed by atoms with Crippen LogP contribution in [0.1, 0.15) is 11.3 Å². The first-order valence-corrected chi connectivity index (χ1v) is 12.0. The Hall–Kier alpha value is -3.93. The minimum Gasteiger partial charge on any atom is -0.480 e. The van der Waals surface area contributed by atoms with Gasteiger partial charge in [-0.25, -0.2) is 13.4 Å². The molecule has 1 aromatic carbocycles. The highest BCUT2D eigenvalue weighted by Crippen LogP contribution is 2.23. The van der Waals surface area contributed by atoms with Crippen molar-refractivity contribution in [2.24, 2.45) is 0 Å². The predicted octanol–water partition coefficient (Wildman–Crippen LogP) is 3.24. The van der Waals surface area contributed by atoms with Crippen molar-refractivity contribution in [2.45, 2.75) is 18.0 Å². The molecule has 0 aliphatic carbocycles. The lowest BCUT2D eigenvalue weighted by molar-refractivity contribution is -0.134. The number of carboxylic acids is 1. The number of nitrogens with one attached hydrogen (secondary N) is 1. The number of benzene rings is 1. The van der Waals surface area contributed by atoms with Gasteiger partial charge in [0.25, 0.3) is 0 Å². The molecule has 0 spiro atoms. The number of pyridine rings is 2. The number of halogens is 1. The first-order chi connectivity index (χ1) is 16.9. The van der Waals surface area contributed by atoms with Crippen molar-refractivity contribution < 1.29 is 18.3 Å². The Morgan fingerprint density at radius 2 is 1.69 bits per heavy atom. The van der Waals surface area contributed by atoms with Crippen molar-refractivity contribution in [1.82, 2.24) is 24.5 Å². The Morgan fingerprint density at radius 3 is 2.36 bits per heavy atom. The average molecular weight is 527 g/mol. The summed E-state index contributed by atoms with van der Waals surface area (Å²) in [4.78, 5) is 19.2. The summed E-state index contributed by atoms with van der Waals surface area (Å²) in [7, 11) is -3.90. The fraction of sp³-hybridized carbons (Fsp3) is 0.125. The number of aliphatic carboxylic acids is 1. The van der Waals surface area contributed by atoms with Gasteiger partial charge in [0.15, 0.2) is 0 Å². The second-order valence-electron chi connectivity index (χ2n) is 7.55. The van der Waals surface area contributed by atoms with Crippen molar-refractivity contribution in [3.8, 4) is 11.1 Å². The SMILES string of the molecule is Cl.O=C(O)CNc1cccc(CN(Cc2ccc(-c3ccnnc3)cc2)S(=O)(=O)c2cccnc2)n1. The molecular weight excluding hydrogens is 504 g/mol. The van der Waals surface area contributed by atoms with E-state index in [0.29, 0.717) is 11.5 Å². The van der Waals surface area contributed by atoms with Gasteiger partial charge < -0.3 is 10.4 Å². The van der Waals surface area contributed by atoms with Gasteiger partial charge in [0.2, 0.25) is 10.0 Å². The molecule has 0 atom stereocenters. The Balaban J connectivity index is 0.00000361. The maximum atomic E-state index is 13.5. The molecule has 2 N–H and O–H groups in total. The molecule has 4 aromatic rings. The van der Waals surface area contributed by atoms with Crippen LogP contribution in [0.15, 0.2) is 90.3 Å². The summed E-state index contributed by atoms with van der Waals surface area (Å²) in [5.74, 6) is -0.678. The van der Waals surface area contributed by atoms with E-state index in [-0.39, 0.29) is 36.9 Å². The van der Waals surface area contributed by atoms with Crippen LogP contribution in [0.3, 0.4) is 0 Å². The Bertz CT molecular complexity index is 1390. The second kappa shape index (κ2) is 12.2. The topological polar surface area (TPSA) is 138 Å². The van der Waals surface area contributed by atoms with E-state index < -0.39 is 16.0 Å². The molecule has 3 aromatic heterocycles. The van der Waals surface area contributed by atoms with E-state index in [4.69, 9.17) is 5.11 Å². The van der Waals surface area contributed by atoms with Gasteiger partial charge in [0.05, 0.1) is 24.6 Å². The highest BCUT2D eigenvalue weighted by molar-refractivity contribution is 7.89. The zero-order valence-electron chi connectivity index (χ0n) is 18.9. The number of rotatable bonds is 10. The quantitative estimate of drug-likeness (QED) is 0.319. The van der Waals surface area contributed by atoms with Gasteiger partial charge in [-0.15, -0.1) is 12.4 Å². The lowest BCUT2D eigenvalue weighted by Crippen LogP contribution is -2.30. The molecule has 0 aliphatic rings. The van der Waals surface area contributed by atoms with Crippen molar-refractivity contribution >= 4 is 34.2 Å². The fourth-order valence-corrected chi connectivity index (χ4v) is 4.72. The summed E-state index contributed by atoms with van der Waals surface area (Å²) >= 11 is 0. The number of sulfonamides is 1. The number of anilines is 1. The third-order valence-electron chi connectivity index (χ3n) is 5.07. The second-order valence-corrected chi connectivity index (χ2v) is 9.49. The van der Waals surface area contributed by atoms with Crippen molar-refractivity contribution in [3.05, 3.63) is 96.7 Å². The van der Waals surface area contributed by atoms with Crippen molar-refractivity contribution in [3.63, 3.8) is 0 Å². The Labute approximate surface area is 214 Å². The Kier molecular flexibility index (Phi) is 9.01. The van der Waals surface area contributed by atoms with Gasteiger partial charge >= 0.3 is 5.97 Å². The van der Waals surface area contributed by atoms with Crippen molar-refractivity contribution in [2.75, 3.05) is 11.9 Å². The number of aromatic nitrogens is 4. The van der Waals surface area contributed by atoms with Crippen LogP contribution in [0, 0.1) is 0 Å². The molecule has 0 radical (unpaired) electrons. The van der Waals surface area contributed by atoms with Crippen LogP contribution in [0.25, 0.3) is 11.1 Å². The number of hydrogen-bond acceptors (Lipinski definition) is 8. The summed E-state index contributed by atoms with van der Waals surface area (Å²) < 4.78 is 28.3. The first-order valence-electron chi connectivity index (χ1n) is 10.6. The lowest BCUT2D eigenvalue weighted by atomic mass is 10.1. The van der Waals surface area contributed by atoms with E-state index in [1.165, 1.54) is 22.8 Å². The molecule has 36 heavy (non-hydrogen) atoms. The zero-order chi connectivity index (χ0) is 24.7. The molecule has 4 rings (SSSR count). The molecule has 0 saturated heterocycles. The van der Waals surface area contributed by atoms with E-state index in [1.54, 1.807) is 36.7 Å². The van der Waals surface area contributed by atoms with E-state index in [9.17, 15) is 13.2 Å². The maximum Gasteiger partial charge on any atom is 0.322 e. The van der Waals surface area contributed by atoms with E-state index in [2.05, 4.69) is 25.5 Å². The summed E-state index contributed by atoms with van der Waals surface area (Å²) in [6.07, 6.45) is 6.08. The molecule has 0 bridgehead atoms. The van der Waals surface area contributed by atoms with Gasteiger partial charge in [-0.3, -0.25) is 9.78 Å². The summed E-state index contributed by atoms with van der Waals surface area (Å²) in [6, 6.07) is 17.4. The number of hydrogen-bond donors (Lipinski definition) is 2. The smallest absolute Gasteiger partial charge is 0.322 e. The van der Waals surface area contributed by atoms with Crippen LogP contribution in [0.4, 0.5) is 5.82 Å². The lowest BCUT2D eigenvalue weighted by Gasteiger charge is -2.22. The molecule has 12 heteroatoms. The molecule has 186 valence electrons. The van der Waals surface area contributed by atoms with Crippen LogP contribution in [-0.4, -0.2) is 50.5 Å². The maximum absolute atomic E-state index is 13.5. The third kappa shape index (κ3) is 6.81. The molecule has 0 fully saturated rings. The van der Waals surface area contributed by atoms with Crippen LogP contribution < -0.4 is 5.32 Å². The van der Waals surface area contributed by atoms with Gasteiger partial charge in [0, 0.05) is 24.5 Å². The van der Waals surface area contributed by atoms with Gasteiger partial charge in [-0.05, 0) is 41.5 Å². The molecule has 3 heterocycles. The monoisotopic (exact) mass is 526 g/mol. The standard InChI is InChI=1S/C24H22N6O4S.ClH/c31-24(32)15-26-23-5-1-3-21(29-23)17-30(35(33,34)22-4-2-11-25-14-22)16-18-6-8-19(9-7-18)20-10-12-27-28-13-20;/h1-14H,15-17H2,(H,26,29)(H,31,32);1H. The normalized spacial score (nSPS) is 11.0. The van der Waals surface area contributed by atoms with E-state index >= 15 is 0 Å². The molecule has 0 aliphatic heterocycles. The average Bonchev–Trinajstić information content (AvgIpc) is 2.89. The molecule has 0 amide bonds. The zero-order valence-corrected chi connectivity index (χ0v) is 20.6. The fourth-order valence-electron chi connectivity index (χ4n) is 3.36. The summed E-state index contributed by atoms with van der Waals surface area (Å²) in [5.41, 5.74) is 3.08. The number of carboxylic acid groups (broad SMARTS) is 1. The van der Waals surface area contributed by atoms with Crippen LogP contribution in [0.5, 0.6) is 0 Å². The minimum absolute atomic E-state index is 0. The van der Waals surface area contributed by atoms with E-state index in [1.807, 2.05) is 30.3 Å². The summed E-state index contributed by atoms with van der Waals surface area (Å²) in [5, 5.41) is 19.3. The van der Waals surface area contributed by atoms with Gasteiger partial charge in [-0.2, -0.15) is 14.5 Å². The van der Waals surface area contributed by atoms with E-state index in [0.717, 1.165) is 16.7 Å². The predicted molar refractivity (Wildman–Crippen MR) is 136 cm³/mol.